The van der Waals surface area contributed by atoms with Gasteiger partial charge in [0.05, 0.1) is 12.0 Å². The molecule has 1 aliphatic heterocycles. The molecule has 4 aromatic rings. The summed E-state index contributed by atoms with van der Waals surface area (Å²) in [5.41, 5.74) is 5.08. The molecule has 3 aromatic carbocycles. The molecule has 4 heteroatoms. The van der Waals surface area contributed by atoms with E-state index in [-0.39, 0.29) is 0 Å². The zero-order chi connectivity index (χ0) is 19.6. The Kier molecular flexibility index (Phi) is 4.60. The highest BCUT2D eigenvalue weighted by atomic mass is 15.2. The summed E-state index contributed by atoms with van der Waals surface area (Å²) in [5, 5.41) is 2.59. The maximum Gasteiger partial charge on any atom is 0.136 e. The van der Waals surface area contributed by atoms with Gasteiger partial charge >= 0.3 is 0 Å². The third-order valence-electron chi connectivity index (χ3n) is 5.53. The number of aryl methyl sites for hydroxylation is 2. The van der Waals surface area contributed by atoms with Gasteiger partial charge in [-0.25, -0.2) is 4.98 Å². The van der Waals surface area contributed by atoms with Gasteiger partial charge in [-0.3, -0.25) is 4.99 Å². The van der Waals surface area contributed by atoms with Crippen molar-refractivity contribution in [3.8, 4) is 0 Å². The molecule has 4 nitrogen and oxygen atoms in total. The minimum Gasteiger partial charge on any atom is -0.337 e. The molecular weight excluding hydrogens is 356 g/mol. The Morgan fingerprint density at radius 2 is 1.79 bits per heavy atom. The molecule has 2 heterocycles. The fourth-order valence-electron chi connectivity index (χ4n) is 4.06. The second-order valence-corrected chi connectivity index (χ2v) is 7.61. The molecule has 0 amide bonds. The van der Waals surface area contributed by atoms with Crippen molar-refractivity contribution in [3.05, 3.63) is 96.1 Å². The molecule has 0 N–H and O–H groups in total. The number of hydrogen-bond donors (Lipinski definition) is 0. The smallest absolute Gasteiger partial charge is 0.136 e. The summed E-state index contributed by atoms with van der Waals surface area (Å²) >= 11 is 0. The predicted octanol–water partition coefficient (Wildman–Crippen LogP) is 5.20. The van der Waals surface area contributed by atoms with Crippen LogP contribution in [0.25, 0.3) is 10.8 Å². The zero-order valence-corrected chi connectivity index (χ0v) is 16.6. The lowest BCUT2D eigenvalue weighted by Gasteiger charge is -2.21. The van der Waals surface area contributed by atoms with Gasteiger partial charge in [0.2, 0.25) is 0 Å². The number of imidazole rings is 1. The van der Waals surface area contributed by atoms with Gasteiger partial charge in [0.25, 0.3) is 0 Å². The molecule has 0 aliphatic carbocycles. The van der Waals surface area contributed by atoms with Crippen LogP contribution < -0.4 is 4.90 Å². The molecule has 0 spiro atoms. The van der Waals surface area contributed by atoms with E-state index in [1.165, 1.54) is 33.2 Å². The number of rotatable bonds is 6. The van der Waals surface area contributed by atoms with Crippen molar-refractivity contribution in [2.75, 3.05) is 11.4 Å². The molecule has 0 saturated carbocycles. The molecule has 144 valence electrons. The molecular formula is C25H24N4. The number of aromatic nitrogens is 2. The monoisotopic (exact) mass is 380 g/mol. The molecule has 0 radical (unpaired) electrons. The highest BCUT2D eigenvalue weighted by molar-refractivity contribution is 6.27. The van der Waals surface area contributed by atoms with Crippen LogP contribution in [0.5, 0.6) is 0 Å². The standard InChI is InChI=1S/C25H24N4/c1-19-9-11-20(12-10-19)17-29-23-8-3-6-21-5-2-7-22(24(21)23)25(29)27-13-4-15-28-16-14-26-18-28/h2-3,5-12,14,16,18H,4,13,15,17H2,1H3/b27-25+. The summed E-state index contributed by atoms with van der Waals surface area (Å²) in [5.74, 6) is 1.09. The summed E-state index contributed by atoms with van der Waals surface area (Å²) in [6.45, 7) is 4.69. The van der Waals surface area contributed by atoms with Gasteiger partial charge in [0, 0.05) is 43.0 Å². The summed E-state index contributed by atoms with van der Waals surface area (Å²) in [6.07, 6.45) is 6.68. The number of nitrogens with zero attached hydrogens (tertiary/aromatic N) is 4. The first-order chi connectivity index (χ1) is 14.3. The van der Waals surface area contributed by atoms with Crippen molar-refractivity contribution < 1.29 is 0 Å². The van der Waals surface area contributed by atoms with Crippen LogP contribution in [0, 0.1) is 6.92 Å². The van der Waals surface area contributed by atoms with Gasteiger partial charge in [-0.15, -0.1) is 0 Å². The fourth-order valence-corrected chi connectivity index (χ4v) is 4.06. The lowest BCUT2D eigenvalue weighted by molar-refractivity contribution is 0.650. The van der Waals surface area contributed by atoms with Crippen LogP contribution in [-0.4, -0.2) is 21.9 Å². The van der Waals surface area contributed by atoms with E-state index in [9.17, 15) is 0 Å². The zero-order valence-electron chi connectivity index (χ0n) is 16.6. The lowest BCUT2D eigenvalue weighted by Crippen LogP contribution is -2.27. The van der Waals surface area contributed by atoms with Gasteiger partial charge in [-0.1, -0.05) is 60.2 Å². The Hall–Kier alpha value is -3.40. The van der Waals surface area contributed by atoms with Gasteiger partial charge in [-0.2, -0.15) is 0 Å². The molecule has 0 atom stereocenters. The Labute approximate surface area is 171 Å². The van der Waals surface area contributed by atoms with Crippen LogP contribution >= 0.6 is 0 Å². The molecule has 29 heavy (non-hydrogen) atoms. The van der Waals surface area contributed by atoms with Crippen LogP contribution in [0.3, 0.4) is 0 Å². The molecule has 1 aromatic heterocycles. The van der Waals surface area contributed by atoms with Gasteiger partial charge in [-0.05, 0) is 30.4 Å². The first kappa shape index (κ1) is 17.7. The predicted molar refractivity (Wildman–Crippen MR) is 120 cm³/mol. The van der Waals surface area contributed by atoms with Gasteiger partial charge < -0.3 is 9.47 Å². The molecule has 0 unspecified atom stereocenters. The highest BCUT2D eigenvalue weighted by Crippen LogP contribution is 2.38. The summed E-state index contributed by atoms with van der Waals surface area (Å²) in [7, 11) is 0. The Balaban J connectivity index is 1.47. The second-order valence-electron chi connectivity index (χ2n) is 7.61. The van der Waals surface area contributed by atoms with E-state index in [0.717, 1.165) is 31.9 Å². The van der Waals surface area contributed by atoms with Crippen molar-refractivity contribution in [1.82, 2.24) is 9.55 Å². The minimum atomic E-state index is 0.794. The first-order valence-electron chi connectivity index (χ1n) is 10.1. The van der Waals surface area contributed by atoms with Crippen molar-refractivity contribution in [2.24, 2.45) is 4.99 Å². The van der Waals surface area contributed by atoms with E-state index in [0.29, 0.717) is 0 Å². The van der Waals surface area contributed by atoms with Gasteiger partial charge in [0.15, 0.2) is 0 Å². The van der Waals surface area contributed by atoms with E-state index in [1.54, 1.807) is 0 Å². The Morgan fingerprint density at radius 3 is 2.59 bits per heavy atom. The number of anilines is 1. The molecule has 0 fully saturated rings. The summed E-state index contributed by atoms with van der Waals surface area (Å²) in [6, 6.07) is 21.9. The van der Waals surface area contributed by atoms with E-state index in [4.69, 9.17) is 4.99 Å². The molecule has 5 rings (SSSR count). The van der Waals surface area contributed by atoms with Crippen molar-refractivity contribution in [3.63, 3.8) is 0 Å². The fraction of sp³-hybridized carbons (Fsp3) is 0.200. The quantitative estimate of drug-likeness (QED) is 0.431. The first-order valence-corrected chi connectivity index (χ1v) is 10.1. The van der Waals surface area contributed by atoms with Crippen LogP contribution in [0.1, 0.15) is 23.1 Å². The maximum absolute atomic E-state index is 5.07. The Morgan fingerprint density at radius 1 is 0.966 bits per heavy atom. The maximum atomic E-state index is 5.07. The third kappa shape index (κ3) is 3.42. The number of amidine groups is 1. The molecule has 0 bridgehead atoms. The minimum absolute atomic E-state index is 0.794. The van der Waals surface area contributed by atoms with Crippen LogP contribution in [0.2, 0.25) is 0 Å². The SMILES string of the molecule is Cc1ccc(CN2/C(=N/CCCn3ccnc3)c3cccc4cccc2c34)cc1. The summed E-state index contributed by atoms with van der Waals surface area (Å²) in [4.78, 5) is 11.6. The summed E-state index contributed by atoms with van der Waals surface area (Å²) < 4.78 is 2.11. The second kappa shape index (κ2) is 7.55. The lowest BCUT2D eigenvalue weighted by atomic mass is 10.1. The normalized spacial score (nSPS) is 14.2. The Bertz CT molecular complexity index is 1150. The average molecular weight is 380 g/mol. The van der Waals surface area contributed by atoms with E-state index >= 15 is 0 Å². The van der Waals surface area contributed by atoms with E-state index in [1.807, 2.05) is 18.7 Å². The van der Waals surface area contributed by atoms with Crippen molar-refractivity contribution in [2.45, 2.75) is 26.4 Å². The molecule has 1 aliphatic rings. The van der Waals surface area contributed by atoms with Crippen molar-refractivity contribution >= 4 is 22.3 Å². The molecule has 0 saturated heterocycles. The highest BCUT2D eigenvalue weighted by Gasteiger charge is 2.27. The average Bonchev–Trinajstić information content (AvgIpc) is 3.36. The van der Waals surface area contributed by atoms with Crippen LogP contribution in [0.15, 0.2) is 84.4 Å². The third-order valence-corrected chi connectivity index (χ3v) is 5.53. The van der Waals surface area contributed by atoms with Crippen LogP contribution in [0.4, 0.5) is 5.69 Å². The number of aliphatic imine (C=N–C) groups is 1. The van der Waals surface area contributed by atoms with Crippen LogP contribution in [-0.2, 0) is 13.1 Å². The number of hydrogen-bond acceptors (Lipinski definition) is 2. The number of benzene rings is 3. The van der Waals surface area contributed by atoms with E-state index in [2.05, 4.69) is 82.0 Å². The largest absolute Gasteiger partial charge is 0.337 e. The topological polar surface area (TPSA) is 33.4 Å². The van der Waals surface area contributed by atoms with E-state index < -0.39 is 0 Å². The van der Waals surface area contributed by atoms with Crippen molar-refractivity contribution in [1.29, 1.82) is 0 Å². The van der Waals surface area contributed by atoms with Gasteiger partial charge in [0.1, 0.15) is 5.84 Å².